The Hall–Kier alpha value is -2.42. The number of aromatic nitrogens is 3. The van der Waals surface area contributed by atoms with Gasteiger partial charge >= 0.3 is 0 Å². The zero-order valence-corrected chi connectivity index (χ0v) is 16.1. The van der Waals surface area contributed by atoms with Crippen molar-refractivity contribution >= 4 is 43.8 Å². The van der Waals surface area contributed by atoms with Gasteiger partial charge in [0, 0.05) is 11.8 Å². The van der Waals surface area contributed by atoms with E-state index >= 15 is 0 Å². The van der Waals surface area contributed by atoms with Gasteiger partial charge in [0.2, 0.25) is 5.95 Å². The summed E-state index contributed by atoms with van der Waals surface area (Å²) >= 11 is 4.32. The van der Waals surface area contributed by atoms with Crippen molar-refractivity contribution in [3.8, 4) is 11.1 Å². The van der Waals surface area contributed by atoms with E-state index in [2.05, 4.69) is 27.7 Å². The molecule has 0 saturated heterocycles. The van der Waals surface area contributed by atoms with Crippen LogP contribution in [-0.2, 0) is 6.42 Å². The maximum atomic E-state index is 14.8. The summed E-state index contributed by atoms with van der Waals surface area (Å²) in [4.78, 5) is 8.23. The number of nitrogen functional groups attached to an aromatic ring is 1. The maximum absolute atomic E-state index is 14.8. The van der Waals surface area contributed by atoms with Crippen LogP contribution >= 0.6 is 12.6 Å². The molecule has 27 heavy (non-hydrogen) atoms. The van der Waals surface area contributed by atoms with Crippen molar-refractivity contribution in [2.24, 2.45) is 4.99 Å². The summed E-state index contributed by atoms with van der Waals surface area (Å²) in [7, 11) is 5.99. The number of aliphatic imine (C=N–C) groups is 1. The number of nitrogens with zero attached hydrogens (tertiary/aromatic N) is 4. The smallest absolute Gasteiger partial charge is 0.238 e. The summed E-state index contributed by atoms with van der Waals surface area (Å²) in [6, 6.07) is 2.92. The summed E-state index contributed by atoms with van der Waals surface area (Å²) in [5, 5.41) is 4.03. The van der Waals surface area contributed by atoms with Crippen LogP contribution in [-0.4, -0.2) is 33.3 Å². The summed E-state index contributed by atoms with van der Waals surface area (Å²) in [5.74, 6) is -1.14. The summed E-state index contributed by atoms with van der Waals surface area (Å²) in [5.41, 5.74) is 7.87. The van der Waals surface area contributed by atoms with Gasteiger partial charge in [0.15, 0.2) is 5.82 Å². The number of halogens is 2. The fraction of sp³-hybridized carbons (Fsp3) is 0.278. The highest BCUT2D eigenvalue weighted by atomic mass is 32.1. The van der Waals surface area contributed by atoms with Crippen molar-refractivity contribution in [3.63, 3.8) is 0 Å². The molecule has 2 heterocycles. The third-order valence-electron chi connectivity index (χ3n) is 4.00. The van der Waals surface area contributed by atoms with Gasteiger partial charge in [0.1, 0.15) is 11.5 Å². The SMILES string of the molecule is [B]C(C)(S)Cc1nc(N)nn2cc(F)c(-c3cc(C)c(N=CC)c(F)c3)c12. The van der Waals surface area contributed by atoms with Crippen LogP contribution in [0.25, 0.3) is 16.6 Å². The number of hydrogen-bond donors (Lipinski definition) is 2. The molecular weight excluding hydrogens is 367 g/mol. The van der Waals surface area contributed by atoms with Crippen molar-refractivity contribution in [1.29, 1.82) is 0 Å². The molecule has 0 aliphatic carbocycles. The first kappa shape index (κ1) is 19.3. The molecule has 0 spiro atoms. The van der Waals surface area contributed by atoms with Crippen molar-refractivity contribution < 1.29 is 8.78 Å². The van der Waals surface area contributed by atoms with Gasteiger partial charge in [-0.15, -0.1) is 5.10 Å². The Morgan fingerprint density at radius 3 is 2.67 bits per heavy atom. The van der Waals surface area contributed by atoms with Gasteiger partial charge in [0.25, 0.3) is 0 Å². The second-order valence-corrected chi connectivity index (χ2v) is 7.63. The van der Waals surface area contributed by atoms with Crippen LogP contribution in [0.3, 0.4) is 0 Å². The molecule has 2 aromatic heterocycles. The lowest BCUT2D eigenvalue weighted by atomic mass is 9.83. The predicted octanol–water partition coefficient (Wildman–Crippen LogP) is 3.64. The maximum Gasteiger partial charge on any atom is 0.238 e. The molecule has 5 nitrogen and oxygen atoms in total. The first-order valence-corrected chi connectivity index (χ1v) is 8.69. The summed E-state index contributed by atoms with van der Waals surface area (Å²) in [6.45, 7) is 5.11. The number of fused-ring (bicyclic) bond motifs is 1. The normalized spacial score (nSPS) is 14.1. The van der Waals surface area contributed by atoms with E-state index in [0.717, 1.165) is 0 Å². The molecule has 0 bridgehead atoms. The lowest BCUT2D eigenvalue weighted by Crippen LogP contribution is -2.22. The van der Waals surface area contributed by atoms with Crippen LogP contribution in [0.15, 0.2) is 23.3 Å². The Morgan fingerprint density at radius 2 is 2.07 bits per heavy atom. The van der Waals surface area contributed by atoms with Crippen LogP contribution in [0.2, 0.25) is 0 Å². The molecule has 1 aromatic carbocycles. The molecule has 3 aromatic rings. The Kier molecular flexibility index (Phi) is 4.99. The van der Waals surface area contributed by atoms with E-state index in [1.54, 1.807) is 26.8 Å². The molecule has 3 rings (SSSR count). The summed E-state index contributed by atoms with van der Waals surface area (Å²) < 4.78 is 29.7. The predicted molar refractivity (Wildman–Crippen MR) is 108 cm³/mol. The fourth-order valence-corrected chi connectivity index (χ4v) is 3.20. The minimum absolute atomic E-state index is 0.0216. The van der Waals surface area contributed by atoms with Gasteiger partial charge in [-0.05, 0) is 48.2 Å². The number of thiol groups is 1. The number of hydrogen-bond acceptors (Lipinski definition) is 5. The highest BCUT2D eigenvalue weighted by Gasteiger charge is 2.23. The average molecular weight is 385 g/mol. The van der Waals surface area contributed by atoms with Gasteiger partial charge in [-0.3, -0.25) is 4.99 Å². The first-order chi connectivity index (χ1) is 12.6. The molecule has 0 saturated carbocycles. The van der Waals surface area contributed by atoms with Gasteiger partial charge in [-0.2, -0.15) is 12.6 Å². The third kappa shape index (κ3) is 3.83. The number of aryl methyl sites for hydroxylation is 1. The van der Waals surface area contributed by atoms with Gasteiger partial charge < -0.3 is 5.73 Å². The Morgan fingerprint density at radius 1 is 1.37 bits per heavy atom. The second-order valence-electron chi connectivity index (χ2n) is 6.61. The molecular formula is C18H18BF2N5S. The summed E-state index contributed by atoms with van der Waals surface area (Å²) in [6.07, 6.45) is 2.90. The average Bonchev–Trinajstić information content (AvgIpc) is 2.85. The largest absolute Gasteiger partial charge is 0.367 e. The topological polar surface area (TPSA) is 68.6 Å². The molecule has 1 unspecified atom stereocenters. The quantitative estimate of drug-likeness (QED) is 0.409. The number of anilines is 1. The van der Waals surface area contributed by atoms with E-state index in [9.17, 15) is 8.78 Å². The molecule has 138 valence electrons. The molecule has 0 aliphatic rings. The van der Waals surface area contributed by atoms with E-state index in [1.807, 2.05) is 0 Å². The van der Waals surface area contributed by atoms with Crippen LogP contribution in [0, 0.1) is 18.6 Å². The number of benzene rings is 1. The standard InChI is InChI=1S/C18H18BF2N5S/c1-4-23-15-9(2)5-10(6-11(15)20)14-12(21)8-26-16(14)13(7-18(3,19)27)24-17(22)25-26/h4-6,8,27H,7H2,1-3H3,(H2,22,25). The zero-order chi connectivity index (χ0) is 19.9. The van der Waals surface area contributed by atoms with Crippen LogP contribution in [0.4, 0.5) is 20.4 Å². The molecule has 2 N–H and O–H groups in total. The van der Waals surface area contributed by atoms with Gasteiger partial charge in [-0.25, -0.2) is 18.3 Å². The molecule has 0 amide bonds. The first-order valence-electron chi connectivity index (χ1n) is 8.24. The highest BCUT2D eigenvalue weighted by molar-refractivity contribution is 7.83. The molecule has 0 fully saturated rings. The Labute approximate surface area is 162 Å². The van der Waals surface area contributed by atoms with E-state index in [0.29, 0.717) is 22.3 Å². The van der Waals surface area contributed by atoms with E-state index in [-0.39, 0.29) is 23.6 Å². The van der Waals surface area contributed by atoms with Crippen LogP contribution in [0.5, 0.6) is 0 Å². The minimum atomic E-state index is -0.903. The lowest BCUT2D eigenvalue weighted by Gasteiger charge is -2.18. The number of nitrogens with two attached hydrogens (primary N) is 1. The zero-order valence-electron chi connectivity index (χ0n) is 15.2. The highest BCUT2D eigenvalue weighted by Crippen LogP contribution is 2.36. The van der Waals surface area contributed by atoms with Crippen molar-refractivity contribution in [1.82, 2.24) is 14.6 Å². The minimum Gasteiger partial charge on any atom is -0.367 e. The van der Waals surface area contributed by atoms with Crippen molar-refractivity contribution in [2.75, 3.05) is 5.73 Å². The van der Waals surface area contributed by atoms with Crippen LogP contribution < -0.4 is 5.73 Å². The molecule has 0 aliphatic heterocycles. The molecule has 1 atom stereocenters. The number of rotatable bonds is 4. The fourth-order valence-electron chi connectivity index (χ4n) is 3.05. The van der Waals surface area contributed by atoms with E-state index < -0.39 is 16.3 Å². The molecule has 2 radical (unpaired) electrons. The van der Waals surface area contributed by atoms with Gasteiger partial charge in [0.05, 0.1) is 25.3 Å². The van der Waals surface area contributed by atoms with Crippen molar-refractivity contribution in [2.45, 2.75) is 31.8 Å². The second kappa shape index (κ2) is 6.96. The Bertz CT molecular complexity index is 1030. The van der Waals surface area contributed by atoms with E-state index in [1.165, 1.54) is 23.0 Å². The van der Waals surface area contributed by atoms with E-state index in [4.69, 9.17) is 13.6 Å². The monoisotopic (exact) mass is 385 g/mol. The van der Waals surface area contributed by atoms with Crippen LogP contribution in [0.1, 0.15) is 25.1 Å². The van der Waals surface area contributed by atoms with Gasteiger partial charge in [-0.1, -0.05) is 6.92 Å². The third-order valence-corrected chi connectivity index (χ3v) is 4.16. The lowest BCUT2D eigenvalue weighted by molar-refractivity contribution is 0.624. The molecule has 9 heteroatoms. The van der Waals surface area contributed by atoms with Crippen molar-refractivity contribution in [3.05, 3.63) is 41.2 Å². The Balaban J connectivity index is 2.31.